The molecule has 1 aliphatic rings. The lowest BCUT2D eigenvalue weighted by molar-refractivity contribution is -0.125. The van der Waals surface area contributed by atoms with Crippen LogP contribution in [-0.4, -0.2) is 29.7 Å². The third-order valence-corrected chi connectivity index (χ3v) is 4.57. The van der Waals surface area contributed by atoms with Gasteiger partial charge in [0.1, 0.15) is 5.78 Å². The van der Waals surface area contributed by atoms with Gasteiger partial charge in [-0.05, 0) is 29.9 Å². The number of hydrogen-bond donors (Lipinski definition) is 0. The number of carbonyl (C=O) groups excluding carboxylic acids is 2. The van der Waals surface area contributed by atoms with Crippen molar-refractivity contribution in [1.29, 1.82) is 0 Å². The molecule has 1 aliphatic heterocycles. The van der Waals surface area contributed by atoms with Gasteiger partial charge in [-0.1, -0.05) is 13.8 Å². The molecule has 2 rings (SSSR count). The SMILES string of the molecule is CCc1ccsc1C(=O)N1CCC(=O)C(CC)C1. The molecule has 1 atom stereocenters. The Bertz CT molecular complexity index is 452. The first-order valence-corrected chi connectivity index (χ1v) is 7.43. The number of aryl methyl sites for hydroxylation is 1. The highest BCUT2D eigenvalue weighted by Gasteiger charge is 2.30. The molecule has 0 N–H and O–H groups in total. The Balaban J connectivity index is 2.12. The van der Waals surface area contributed by atoms with E-state index >= 15 is 0 Å². The van der Waals surface area contributed by atoms with Crippen molar-refractivity contribution >= 4 is 23.0 Å². The van der Waals surface area contributed by atoms with Crippen molar-refractivity contribution < 1.29 is 9.59 Å². The lowest BCUT2D eigenvalue weighted by Crippen LogP contribution is -2.43. The predicted molar refractivity (Wildman–Crippen MR) is 73.0 cm³/mol. The molecule has 0 aromatic carbocycles. The fraction of sp³-hybridized carbons (Fsp3) is 0.571. The fourth-order valence-corrected chi connectivity index (χ4v) is 3.36. The van der Waals surface area contributed by atoms with Gasteiger partial charge in [0.15, 0.2) is 0 Å². The molecule has 3 nitrogen and oxygen atoms in total. The topological polar surface area (TPSA) is 37.4 Å². The second-order valence-corrected chi connectivity index (χ2v) is 5.62. The van der Waals surface area contributed by atoms with Crippen LogP contribution >= 0.6 is 11.3 Å². The molecule has 2 heterocycles. The predicted octanol–water partition coefficient (Wildman–Crippen LogP) is 2.75. The van der Waals surface area contributed by atoms with E-state index in [0.29, 0.717) is 25.3 Å². The van der Waals surface area contributed by atoms with Crippen LogP contribution in [0.4, 0.5) is 0 Å². The molecule has 1 saturated heterocycles. The largest absolute Gasteiger partial charge is 0.337 e. The number of piperidine rings is 1. The van der Waals surface area contributed by atoms with E-state index in [-0.39, 0.29) is 11.8 Å². The maximum absolute atomic E-state index is 12.4. The molecule has 18 heavy (non-hydrogen) atoms. The molecule has 1 amide bonds. The Morgan fingerprint density at radius 2 is 2.28 bits per heavy atom. The number of rotatable bonds is 3. The van der Waals surface area contributed by atoms with E-state index in [4.69, 9.17) is 0 Å². The first-order chi connectivity index (χ1) is 8.67. The minimum absolute atomic E-state index is 0.0349. The Kier molecular flexibility index (Phi) is 4.17. The highest BCUT2D eigenvalue weighted by molar-refractivity contribution is 7.12. The smallest absolute Gasteiger partial charge is 0.264 e. The maximum atomic E-state index is 12.4. The summed E-state index contributed by atoms with van der Waals surface area (Å²) in [7, 11) is 0. The highest BCUT2D eigenvalue weighted by atomic mass is 32.1. The van der Waals surface area contributed by atoms with Gasteiger partial charge in [-0.2, -0.15) is 0 Å². The van der Waals surface area contributed by atoms with Gasteiger partial charge in [-0.3, -0.25) is 9.59 Å². The van der Waals surface area contributed by atoms with Gasteiger partial charge in [0.2, 0.25) is 0 Å². The molecule has 0 bridgehead atoms. The van der Waals surface area contributed by atoms with Crippen LogP contribution in [0, 0.1) is 5.92 Å². The molecular weight excluding hydrogens is 246 g/mol. The van der Waals surface area contributed by atoms with E-state index in [9.17, 15) is 9.59 Å². The molecular formula is C14H19NO2S. The van der Waals surface area contributed by atoms with Gasteiger partial charge in [0, 0.05) is 25.4 Å². The molecule has 4 heteroatoms. The van der Waals surface area contributed by atoms with Crippen molar-refractivity contribution in [3.63, 3.8) is 0 Å². The van der Waals surface area contributed by atoms with E-state index in [1.165, 1.54) is 11.3 Å². The molecule has 1 fully saturated rings. The highest BCUT2D eigenvalue weighted by Crippen LogP contribution is 2.23. The van der Waals surface area contributed by atoms with Gasteiger partial charge >= 0.3 is 0 Å². The number of ketones is 1. The van der Waals surface area contributed by atoms with Gasteiger partial charge in [-0.15, -0.1) is 11.3 Å². The van der Waals surface area contributed by atoms with Gasteiger partial charge in [0.25, 0.3) is 5.91 Å². The Labute approximate surface area is 112 Å². The molecule has 98 valence electrons. The number of hydrogen-bond acceptors (Lipinski definition) is 3. The van der Waals surface area contributed by atoms with Crippen molar-refractivity contribution in [2.24, 2.45) is 5.92 Å². The number of thiophene rings is 1. The summed E-state index contributed by atoms with van der Waals surface area (Å²) in [5.74, 6) is 0.448. The van der Waals surface area contributed by atoms with Crippen LogP contribution in [0.15, 0.2) is 11.4 Å². The maximum Gasteiger partial charge on any atom is 0.264 e. The molecule has 1 unspecified atom stereocenters. The minimum atomic E-state index is 0.0349. The van der Waals surface area contributed by atoms with Crippen LogP contribution in [0.1, 0.15) is 41.9 Å². The number of carbonyl (C=O) groups is 2. The van der Waals surface area contributed by atoms with Crippen molar-refractivity contribution in [1.82, 2.24) is 4.90 Å². The number of nitrogens with zero attached hydrogens (tertiary/aromatic N) is 1. The third kappa shape index (κ3) is 2.48. The normalized spacial score (nSPS) is 20.2. The molecule has 0 saturated carbocycles. The summed E-state index contributed by atoms with van der Waals surface area (Å²) in [5.41, 5.74) is 1.12. The Morgan fingerprint density at radius 3 is 2.94 bits per heavy atom. The standard InChI is InChI=1S/C14H19NO2S/c1-3-10-6-8-18-13(10)14(17)15-7-5-12(16)11(4-2)9-15/h6,8,11H,3-5,7,9H2,1-2H3. The third-order valence-electron chi connectivity index (χ3n) is 3.63. The first kappa shape index (κ1) is 13.3. The minimum Gasteiger partial charge on any atom is -0.337 e. The van der Waals surface area contributed by atoms with Crippen LogP contribution in [0.5, 0.6) is 0 Å². The lowest BCUT2D eigenvalue weighted by atomic mass is 9.94. The number of Topliss-reactive ketones (excluding diaryl/α,β-unsaturated/α-hetero) is 1. The second-order valence-electron chi connectivity index (χ2n) is 4.70. The molecule has 0 spiro atoms. The van der Waals surface area contributed by atoms with E-state index in [0.717, 1.165) is 23.3 Å². The van der Waals surface area contributed by atoms with Crippen LogP contribution in [0.25, 0.3) is 0 Å². The van der Waals surface area contributed by atoms with Crippen LogP contribution < -0.4 is 0 Å². The van der Waals surface area contributed by atoms with Crippen LogP contribution in [-0.2, 0) is 11.2 Å². The summed E-state index contributed by atoms with van der Waals surface area (Å²) in [4.78, 5) is 26.8. The van der Waals surface area contributed by atoms with Crippen LogP contribution in [0.3, 0.4) is 0 Å². The van der Waals surface area contributed by atoms with Crippen molar-refractivity contribution in [3.8, 4) is 0 Å². The van der Waals surface area contributed by atoms with Crippen LogP contribution in [0.2, 0.25) is 0 Å². The van der Waals surface area contributed by atoms with E-state index < -0.39 is 0 Å². The van der Waals surface area contributed by atoms with Gasteiger partial charge in [-0.25, -0.2) is 0 Å². The molecule has 0 aliphatic carbocycles. The summed E-state index contributed by atoms with van der Waals surface area (Å²) in [6.07, 6.45) is 2.22. The Morgan fingerprint density at radius 1 is 1.50 bits per heavy atom. The van der Waals surface area contributed by atoms with Gasteiger partial charge in [0.05, 0.1) is 4.88 Å². The van der Waals surface area contributed by atoms with E-state index in [1.807, 2.05) is 23.3 Å². The summed E-state index contributed by atoms with van der Waals surface area (Å²) in [5, 5.41) is 1.97. The molecule has 1 aromatic heterocycles. The quantitative estimate of drug-likeness (QED) is 0.842. The summed E-state index contributed by atoms with van der Waals surface area (Å²) in [6.45, 7) is 5.25. The molecule has 1 aromatic rings. The second kappa shape index (κ2) is 5.65. The fourth-order valence-electron chi connectivity index (χ4n) is 2.39. The lowest BCUT2D eigenvalue weighted by Gasteiger charge is -2.31. The number of likely N-dealkylation sites (tertiary alicyclic amines) is 1. The van der Waals surface area contributed by atoms with Crippen molar-refractivity contribution in [3.05, 3.63) is 21.9 Å². The zero-order chi connectivity index (χ0) is 13.1. The van der Waals surface area contributed by atoms with E-state index in [2.05, 4.69) is 6.92 Å². The van der Waals surface area contributed by atoms with Crippen molar-refractivity contribution in [2.45, 2.75) is 33.1 Å². The van der Waals surface area contributed by atoms with Gasteiger partial charge < -0.3 is 4.90 Å². The Hall–Kier alpha value is -1.16. The first-order valence-electron chi connectivity index (χ1n) is 6.55. The summed E-state index contributed by atoms with van der Waals surface area (Å²) in [6, 6.07) is 2.02. The average molecular weight is 265 g/mol. The number of amides is 1. The average Bonchev–Trinajstić information content (AvgIpc) is 2.86. The summed E-state index contributed by atoms with van der Waals surface area (Å²) >= 11 is 1.51. The van der Waals surface area contributed by atoms with Crippen molar-refractivity contribution in [2.75, 3.05) is 13.1 Å². The zero-order valence-electron chi connectivity index (χ0n) is 10.9. The molecule has 0 radical (unpaired) electrons. The van der Waals surface area contributed by atoms with E-state index in [1.54, 1.807) is 0 Å². The monoisotopic (exact) mass is 265 g/mol. The zero-order valence-corrected chi connectivity index (χ0v) is 11.8. The summed E-state index contributed by atoms with van der Waals surface area (Å²) < 4.78 is 0.